The summed E-state index contributed by atoms with van der Waals surface area (Å²) in [7, 11) is 0. The van der Waals surface area contributed by atoms with Gasteiger partial charge in [-0.3, -0.25) is 9.59 Å². The Morgan fingerprint density at radius 1 is 0.325 bits per heavy atom. The second-order valence-electron chi connectivity index (χ2n) is 26.3. The van der Waals surface area contributed by atoms with Crippen molar-refractivity contribution >= 4 is 11.9 Å². The summed E-state index contributed by atoms with van der Waals surface area (Å²) in [5.41, 5.74) is 0. The fourth-order valence-electron chi connectivity index (χ4n) is 12.2. The first-order valence-corrected chi connectivity index (χ1v) is 38.1. The molecular weight excluding hydrogens is 1020 g/mol. The zero-order valence-electron chi connectivity index (χ0n) is 56.5. The average Bonchev–Trinajstić information content (AvgIpc) is 3.49. The number of hydrogen-bond acceptors (Lipinski definition) is 5. The zero-order valence-corrected chi connectivity index (χ0v) is 56.5. The van der Waals surface area contributed by atoms with Gasteiger partial charge in [-0.25, -0.2) is 0 Å². The molecule has 0 saturated carbocycles. The highest BCUT2D eigenvalue weighted by Crippen LogP contribution is 2.19. The first kappa shape index (κ1) is 81.3. The number of ether oxygens (including phenoxy) is 1. The summed E-state index contributed by atoms with van der Waals surface area (Å²) in [5, 5.41) is 23.4. The molecule has 0 saturated heterocycles. The van der Waals surface area contributed by atoms with Crippen molar-refractivity contribution in [2.24, 2.45) is 0 Å². The molecule has 6 heteroatoms. The van der Waals surface area contributed by atoms with Crippen LogP contribution in [0.15, 0.2) is 24.3 Å². The molecule has 6 nitrogen and oxygen atoms in total. The van der Waals surface area contributed by atoms with Crippen LogP contribution >= 0.6 is 0 Å². The number of rotatable bonds is 72. The topological polar surface area (TPSA) is 95.9 Å². The monoisotopic (exact) mass is 1170 g/mol. The lowest BCUT2D eigenvalue weighted by Crippen LogP contribution is -2.45. The van der Waals surface area contributed by atoms with E-state index in [2.05, 4.69) is 43.5 Å². The van der Waals surface area contributed by atoms with Crippen molar-refractivity contribution < 1.29 is 24.5 Å². The van der Waals surface area contributed by atoms with Gasteiger partial charge in [0, 0.05) is 12.8 Å². The molecular formula is C77H149NO5. The van der Waals surface area contributed by atoms with Gasteiger partial charge in [-0.1, -0.05) is 366 Å². The number of hydrogen-bond donors (Lipinski definition) is 3. The summed E-state index contributed by atoms with van der Waals surface area (Å²) >= 11 is 0. The van der Waals surface area contributed by atoms with Crippen LogP contribution in [-0.4, -0.2) is 47.4 Å². The van der Waals surface area contributed by atoms with Crippen LogP contribution in [0.3, 0.4) is 0 Å². The largest absolute Gasteiger partial charge is 0.466 e. The third-order valence-electron chi connectivity index (χ3n) is 18.0. The number of aliphatic hydroxyl groups excluding tert-OH is 2. The van der Waals surface area contributed by atoms with Crippen LogP contribution in [-0.2, 0) is 14.3 Å². The predicted octanol–water partition coefficient (Wildman–Crippen LogP) is 24.9. The molecule has 3 N–H and O–H groups in total. The number of carbonyl (C=O) groups is 2. The minimum absolute atomic E-state index is 0.0147. The predicted molar refractivity (Wildman–Crippen MR) is 366 cm³/mol. The van der Waals surface area contributed by atoms with Crippen LogP contribution in [0, 0.1) is 0 Å². The Kier molecular flexibility index (Phi) is 71.4. The Hall–Kier alpha value is -1.66. The molecule has 2 unspecified atom stereocenters. The molecule has 2 atom stereocenters. The lowest BCUT2D eigenvalue weighted by atomic mass is 10.0. The maximum atomic E-state index is 12.5. The Balaban J connectivity index is 3.36. The van der Waals surface area contributed by atoms with Crippen LogP contribution in [0.1, 0.15) is 431 Å². The molecule has 0 heterocycles. The summed E-state index contributed by atoms with van der Waals surface area (Å²) in [4.78, 5) is 24.6. The zero-order chi connectivity index (χ0) is 59.9. The van der Waals surface area contributed by atoms with Gasteiger partial charge in [0.05, 0.1) is 25.4 Å². The van der Waals surface area contributed by atoms with Crippen molar-refractivity contribution in [3.05, 3.63) is 24.3 Å². The summed E-state index contributed by atoms with van der Waals surface area (Å²) in [6, 6.07) is -0.541. The van der Waals surface area contributed by atoms with Crippen LogP contribution in [0.25, 0.3) is 0 Å². The third-order valence-corrected chi connectivity index (χ3v) is 18.0. The highest BCUT2D eigenvalue weighted by atomic mass is 16.5. The van der Waals surface area contributed by atoms with E-state index in [1.807, 2.05) is 0 Å². The number of allylic oxidation sites excluding steroid dienone is 4. The molecule has 0 radical (unpaired) electrons. The number of esters is 1. The maximum absolute atomic E-state index is 12.5. The fraction of sp³-hybridized carbons (Fsp3) is 0.922. The van der Waals surface area contributed by atoms with Gasteiger partial charge in [-0.2, -0.15) is 0 Å². The van der Waals surface area contributed by atoms with Crippen LogP contribution in [0.5, 0.6) is 0 Å². The number of unbranched alkanes of at least 4 members (excludes halogenated alkanes) is 57. The molecule has 0 aliphatic heterocycles. The smallest absolute Gasteiger partial charge is 0.305 e. The number of aliphatic hydroxyl groups is 2. The van der Waals surface area contributed by atoms with Crippen molar-refractivity contribution in [3.63, 3.8) is 0 Å². The Labute approximate surface area is 520 Å². The Bertz CT molecular complexity index is 1300. The van der Waals surface area contributed by atoms with E-state index in [0.29, 0.717) is 25.9 Å². The van der Waals surface area contributed by atoms with Crippen molar-refractivity contribution in [2.45, 2.75) is 443 Å². The third kappa shape index (κ3) is 69.3. The SMILES string of the molecule is CCCCCCCC/C=C\CCCCCCCCCC(=O)OCCCCCCCCCCCCCC/C=C\CCCCCCCCCCCCCCCCC(=O)NC(CO)C(O)CCCCCCCCCCCCCCCCCCCCC. The molecule has 0 aliphatic rings. The van der Waals surface area contributed by atoms with E-state index in [1.54, 1.807) is 0 Å². The van der Waals surface area contributed by atoms with Gasteiger partial charge < -0.3 is 20.3 Å². The van der Waals surface area contributed by atoms with E-state index in [0.717, 1.165) is 44.9 Å². The molecule has 0 rings (SSSR count). The molecule has 492 valence electrons. The van der Waals surface area contributed by atoms with Gasteiger partial charge in [0.25, 0.3) is 0 Å². The van der Waals surface area contributed by atoms with Gasteiger partial charge in [-0.15, -0.1) is 0 Å². The maximum Gasteiger partial charge on any atom is 0.305 e. The Morgan fingerprint density at radius 3 is 0.855 bits per heavy atom. The van der Waals surface area contributed by atoms with E-state index in [1.165, 1.54) is 353 Å². The number of amides is 1. The molecule has 0 aliphatic carbocycles. The highest BCUT2D eigenvalue weighted by molar-refractivity contribution is 5.76. The quantitative estimate of drug-likeness (QED) is 0.0320. The molecule has 0 bridgehead atoms. The molecule has 83 heavy (non-hydrogen) atoms. The van der Waals surface area contributed by atoms with Crippen LogP contribution < -0.4 is 5.32 Å². The van der Waals surface area contributed by atoms with Gasteiger partial charge in [0.15, 0.2) is 0 Å². The van der Waals surface area contributed by atoms with Crippen LogP contribution in [0.2, 0.25) is 0 Å². The normalized spacial score (nSPS) is 12.6. The molecule has 0 aromatic heterocycles. The molecule has 1 amide bonds. The van der Waals surface area contributed by atoms with Crippen molar-refractivity contribution in [1.29, 1.82) is 0 Å². The molecule has 0 spiro atoms. The van der Waals surface area contributed by atoms with Crippen molar-refractivity contribution in [3.8, 4) is 0 Å². The second-order valence-corrected chi connectivity index (χ2v) is 26.3. The molecule has 0 aromatic carbocycles. The summed E-state index contributed by atoms with van der Waals surface area (Å²) in [5.74, 6) is -0.0142. The molecule has 0 fully saturated rings. The minimum Gasteiger partial charge on any atom is -0.466 e. The molecule has 0 aromatic rings. The van der Waals surface area contributed by atoms with E-state index in [4.69, 9.17) is 4.74 Å². The van der Waals surface area contributed by atoms with E-state index in [9.17, 15) is 19.8 Å². The fourth-order valence-corrected chi connectivity index (χ4v) is 12.2. The van der Waals surface area contributed by atoms with E-state index in [-0.39, 0.29) is 18.5 Å². The highest BCUT2D eigenvalue weighted by Gasteiger charge is 2.20. The lowest BCUT2D eigenvalue weighted by Gasteiger charge is -2.22. The van der Waals surface area contributed by atoms with Gasteiger partial charge in [-0.05, 0) is 77.0 Å². The van der Waals surface area contributed by atoms with Gasteiger partial charge in [0.1, 0.15) is 0 Å². The second kappa shape index (κ2) is 72.8. The average molecular weight is 1170 g/mol. The standard InChI is InChI=1S/C77H149NO5/c1-3-5-7-9-11-13-15-17-19-21-34-38-41-45-49-53-57-61-65-69-75(80)74(73-79)78-76(81)70-66-62-58-54-50-46-42-39-35-32-30-28-26-24-22-23-25-27-29-31-33-36-40-44-48-52-56-60-64-68-72-83-77(82)71-67-63-59-55-51-47-43-37-20-18-16-14-12-10-8-6-4-2/h18,20,23,25,74-75,79-80H,3-17,19,21-22,24,26-73H2,1-2H3,(H,78,81)/b20-18-,25-23-. The minimum atomic E-state index is -0.664. The first-order chi connectivity index (χ1) is 41.0. The number of carbonyl (C=O) groups excluding carboxylic acids is 2. The summed E-state index contributed by atoms with van der Waals surface area (Å²) < 4.78 is 5.51. The summed E-state index contributed by atoms with van der Waals surface area (Å²) in [6.07, 6.45) is 92.5. The summed E-state index contributed by atoms with van der Waals surface area (Å²) in [6.45, 7) is 4.99. The van der Waals surface area contributed by atoms with Gasteiger partial charge >= 0.3 is 5.97 Å². The lowest BCUT2D eigenvalue weighted by molar-refractivity contribution is -0.143. The number of nitrogens with one attached hydrogen (secondary N) is 1. The van der Waals surface area contributed by atoms with Crippen molar-refractivity contribution in [2.75, 3.05) is 13.2 Å². The van der Waals surface area contributed by atoms with Gasteiger partial charge in [0.2, 0.25) is 5.91 Å². The van der Waals surface area contributed by atoms with E-state index < -0.39 is 12.1 Å². The first-order valence-electron chi connectivity index (χ1n) is 38.1. The Morgan fingerprint density at radius 2 is 0.566 bits per heavy atom. The van der Waals surface area contributed by atoms with E-state index >= 15 is 0 Å². The van der Waals surface area contributed by atoms with Crippen molar-refractivity contribution in [1.82, 2.24) is 5.32 Å². The van der Waals surface area contributed by atoms with Crippen LogP contribution in [0.4, 0.5) is 0 Å².